The van der Waals surface area contributed by atoms with Gasteiger partial charge in [0.1, 0.15) is 5.15 Å². The van der Waals surface area contributed by atoms with Gasteiger partial charge in [-0.25, -0.2) is 4.98 Å². The van der Waals surface area contributed by atoms with Crippen molar-refractivity contribution in [2.24, 2.45) is 0 Å². The van der Waals surface area contributed by atoms with E-state index in [-0.39, 0.29) is 31.6 Å². The summed E-state index contributed by atoms with van der Waals surface area (Å²) in [4.78, 5) is 16.1. The van der Waals surface area contributed by atoms with Crippen LogP contribution in [0.3, 0.4) is 0 Å². The summed E-state index contributed by atoms with van der Waals surface area (Å²) in [6.45, 7) is 1.75. The average molecular weight is 365 g/mol. The van der Waals surface area contributed by atoms with Crippen LogP contribution < -0.4 is 11.1 Å². The first-order valence-corrected chi connectivity index (χ1v) is 7.19. The van der Waals surface area contributed by atoms with E-state index in [9.17, 15) is 4.79 Å². The Balaban J connectivity index is 2.35. The fourth-order valence-electron chi connectivity index (χ4n) is 1.67. The monoisotopic (exact) mass is 363 g/mol. The molecule has 1 amide bonds. The predicted molar refractivity (Wildman–Crippen MR) is 87.8 cm³/mol. The van der Waals surface area contributed by atoms with Crippen LogP contribution in [0.1, 0.15) is 15.9 Å². The standard InChI is InChI=1S/C13H9Cl4N3O/c1-5-2-9(15)19-12(17)11(5)20-13(21)6-3-7(14)10(16)8(18)4-6/h2-4H,18H2,1H3,(H,20,21). The van der Waals surface area contributed by atoms with Gasteiger partial charge in [-0.2, -0.15) is 0 Å². The van der Waals surface area contributed by atoms with Crippen molar-refractivity contribution in [1.29, 1.82) is 0 Å². The number of aromatic nitrogens is 1. The van der Waals surface area contributed by atoms with Crippen molar-refractivity contribution in [3.05, 3.63) is 49.7 Å². The highest BCUT2D eigenvalue weighted by Crippen LogP contribution is 2.31. The van der Waals surface area contributed by atoms with Gasteiger partial charge in [0.25, 0.3) is 5.91 Å². The van der Waals surface area contributed by atoms with Gasteiger partial charge in [-0.1, -0.05) is 46.4 Å². The second kappa shape index (κ2) is 6.28. The molecule has 3 N–H and O–H groups in total. The predicted octanol–water partition coefficient (Wildman–Crippen LogP) is 4.84. The summed E-state index contributed by atoms with van der Waals surface area (Å²) in [5, 5.41) is 3.39. The highest BCUT2D eigenvalue weighted by atomic mass is 35.5. The maximum absolute atomic E-state index is 12.2. The Labute approximate surface area is 141 Å². The molecule has 1 heterocycles. The Morgan fingerprint density at radius 3 is 2.43 bits per heavy atom. The number of pyridine rings is 1. The number of nitrogen functional groups attached to an aromatic ring is 1. The van der Waals surface area contributed by atoms with Gasteiger partial charge in [0.2, 0.25) is 0 Å². The topological polar surface area (TPSA) is 68.0 Å². The number of rotatable bonds is 2. The summed E-state index contributed by atoms with van der Waals surface area (Å²) in [5.41, 5.74) is 7.20. The number of hydrogen-bond donors (Lipinski definition) is 2. The van der Waals surface area contributed by atoms with Crippen LogP contribution in [0.2, 0.25) is 20.4 Å². The third-order valence-electron chi connectivity index (χ3n) is 2.70. The zero-order valence-electron chi connectivity index (χ0n) is 10.7. The number of nitrogens with zero attached hydrogens (tertiary/aromatic N) is 1. The molecule has 0 radical (unpaired) electrons. The summed E-state index contributed by atoms with van der Waals surface area (Å²) in [5.74, 6) is -0.436. The van der Waals surface area contributed by atoms with Crippen molar-refractivity contribution in [2.75, 3.05) is 11.1 Å². The van der Waals surface area contributed by atoms with E-state index in [4.69, 9.17) is 52.1 Å². The lowest BCUT2D eigenvalue weighted by Crippen LogP contribution is -2.14. The molecule has 1 aromatic heterocycles. The molecule has 0 spiro atoms. The van der Waals surface area contributed by atoms with Gasteiger partial charge in [-0.3, -0.25) is 4.79 Å². The number of anilines is 2. The van der Waals surface area contributed by atoms with E-state index >= 15 is 0 Å². The van der Waals surface area contributed by atoms with Crippen LogP contribution in [0.5, 0.6) is 0 Å². The number of nitrogens with two attached hydrogens (primary N) is 1. The fourth-order valence-corrected chi connectivity index (χ4v) is 2.59. The molecule has 2 aromatic rings. The number of hydrogen-bond acceptors (Lipinski definition) is 3. The molecule has 8 heteroatoms. The number of carbonyl (C=O) groups is 1. The quantitative estimate of drug-likeness (QED) is 0.591. The molecule has 0 aliphatic rings. The van der Waals surface area contributed by atoms with Crippen LogP contribution in [-0.2, 0) is 0 Å². The van der Waals surface area contributed by atoms with Crippen molar-refractivity contribution in [3.8, 4) is 0 Å². The number of halogens is 4. The third kappa shape index (κ3) is 3.52. The minimum atomic E-state index is -0.436. The fraction of sp³-hybridized carbons (Fsp3) is 0.0769. The molecule has 0 unspecified atom stereocenters. The van der Waals surface area contributed by atoms with Crippen LogP contribution in [0.25, 0.3) is 0 Å². The van der Waals surface area contributed by atoms with Crippen molar-refractivity contribution >= 4 is 63.7 Å². The van der Waals surface area contributed by atoms with Gasteiger partial charge in [0.05, 0.1) is 21.4 Å². The number of benzene rings is 1. The number of aryl methyl sites for hydroxylation is 1. The Morgan fingerprint density at radius 1 is 1.19 bits per heavy atom. The zero-order chi connectivity index (χ0) is 15.7. The lowest BCUT2D eigenvalue weighted by atomic mass is 10.1. The van der Waals surface area contributed by atoms with Crippen LogP contribution in [0, 0.1) is 6.92 Å². The first-order chi connectivity index (χ1) is 9.79. The number of nitrogens with one attached hydrogen (secondary N) is 1. The van der Waals surface area contributed by atoms with Gasteiger partial charge in [-0.05, 0) is 30.7 Å². The Kier molecular flexibility index (Phi) is 4.84. The van der Waals surface area contributed by atoms with Crippen molar-refractivity contribution in [3.63, 3.8) is 0 Å². The lowest BCUT2D eigenvalue weighted by Gasteiger charge is -2.11. The van der Waals surface area contributed by atoms with E-state index in [1.807, 2.05) is 0 Å². The summed E-state index contributed by atoms with van der Waals surface area (Å²) in [6, 6.07) is 4.44. The highest BCUT2D eigenvalue weighted by Gasteiger charge is 2.15. The molecule has 0 atom stereocenters. The molecule has 0 saturated carbocycles. The van der Waals surface area contributed by atoms with Crippen molar-refractivity contribution in [1.82, 2.24) is 4.98 Å². The van der Waals surface area contributed by atoms with Gasteiger partial charge in [0.15, 0.2) is 5.15 Å². The second-order valence-corrected chi connectivity index (χ2v) is 5.77. The smallest absolute Gasteiger partial charge is 0.255 e. The molecule has 0 bridgehead atoms. The first-order valence-electron chi connectivity index (χ1n) is 5.68. The summed E-state index contributed by atoms with van der Waals surface area (Å²) in [6.07, 6.45) is 0. The molecular weight excluding hydrogens is 356 g/mol. The van der Waals surface area contributed by atoms with Gasteiger partial charge in [-0.15, -0.1) is 0 Å². The van der Waals surface area contributed by atoms with E-state index in [0.29, 0.717) is 11.3 Å². The molecule has 0 saturated heterocycles. The molecule has 0 aliphatic heterocycles. The van der Waals surface area contributed by atoms with Crippen molar-refractivity contribution < 1.29 is 4.79 Å². The highest BCUT2D eigenvalue weighted by molar-refractivity contribution is 6.44. The second-order valence-electron chi connectivity index (χ2n) is 4.24. The average Bonchev–Trinajstić information content (AvgIpc) is 2.39. The molecule has 2 rings (SSSR count). The van der Waals surface area contributed by atoms with Gasteiger partial charge < -0.3 is 11.1 Å². The van der Waals surface area contributed by atoms with Gasteiger partial charge in [0, 0.05) is 5.56 Å². The minimum Gasteiger partial charge on any atom is -0.397 e. The van der Waals surface area contributed by atoms with E-state index < -0.39 is 5.91 Å². The van der Waals surface area contributed by atoms with Crippen molar-refractivity contribution in [2.45, 2.75) is 6.92 Å². The van der Waals surface area contributed by atoms with E-state index in [2.05, 4.69) is 10.3 Å². The maximum atomic E-state index is 12.2. The summed E-state index contributed by atoms with van der Waals surface area (Å²) in [7, 11) is 0. The third-order valence-corrected chi connectivity index (χ3v) is 3.98. The molecular formula is C13H9Cl4N3O. The number of carbonyl (C=O) groups excluding carboxylic acids is 1. The van der Waals surface area contributed by atoms with E-state index in [1.165, 1.54) is 12.1 Å². The SMILES string of the molecule is Cc1cc(Cl)nc(Cl)c1NC(=O)c1cc(N)c(Cl)c(Cl)c1. The molecule has 21 heavy (non-hydrogen) atoms. The van der Waals surface area contributed by atoms with E-state index in [0.717, 1.165) is 0 Å². The largest absolute Gasteiger partial charge is 0.397 e. The molecule has 0 aliphatic carbocycles. The first kappa shape index (κ1) is 16.2. The molecule has 110 valence electrons. The summed E-state index contributed by atoms with van der Waals surface area (Å²) < 4.78 is 0. The molecule has 1 aromatic carbocycles. The van der Waals surface area contributed by atoms with Crippen LogP contribution in [0.15, 0.2) is 18.2 Å². The van der Waals surface area contributed by atoms with Crippen LogP contribution >= 0.6 is 46.4 Å². The number of amides is 1. The van der Waals surface area contributed by atoms with Crippen LogP contribution in [0.4, 0.5) is 11.4 Å². The summed E-state index contributed by atoms with van der Waals surface area (Å²) >= 11 is 23.5. The Hall–Kier alpha value is -1.20. The molecule has 0 fully saturated rings. The van der Waals surface area contributed by atoms with Gasteiger partial charge >= 0.3 is 0 Å². The van der Waals surface area contributed by atoms with Crippen LogP contribution in [-0.4, -0.2) is 10.9 Å². The Morgan fingerprint density at radius 2 is 1.86 bits per heavy atom. The zero-order valence-corrected chi connectivity index (χ0v) is 13.7. The lowest BCUT2D eigenvalue weighted by molar-refractivity contribution is 0.102. The Bertz CT molecular complexity index is 687. The maximum Gasteiger partial charge on any atom is 0.255 e. The molecule has 4 nitrogen and oxygen atoms in total. The minimum absolute atomic E-state index is 0.0985. The normalized spacial score (nSPS) is 10.5. The van der Waals surface area contributed by atoms with E-state index in [1.54, 1.807) is 13.0 Å².